The largest absolute Gasteiger partial charge is 0.418 e. The van der Waals surface area contributed by atoms with E-state index in [-0.39, 0.29) is 17.2 Å². The molecular formula is C13H6Cl2F8N2. The summed E-state index contributed by atoms with van der Waals surface area (Å²) in [4.78, 5) is 0.224. The number of benzene rings is 1. The van der Waals surface area contributed by atoms with Crippen LogP contribution in [0.15, 0.2) is 28.9 Å². The second-order valence-corrected chi connectivity index (χ2v) is 5.66. The van der Waals surface area contributed by atoms with Crippen LogP contribution in [0.2, 0.25) is 5.02 Å². The Morgan fingerprint density at radius 1 is 1.00 bits per heavy atom. The minimum absolute atomic E-state index is 0.138. The molecule has 12 heteroatoms. The first kappa shape index (κ1) is 19.8. The van der Waals surface area contributed by atoms with Crippen LogP contribution in [0.25, 0.3) is 0 Å². The molecule has 2 rings (SSSR count). The van der Waals surface area contributed by atoms with Crippen molar-refractivity contribution in [2.45, 2.75) is 18.5 Å². The molecule has 2 nitrogen and oxygen atoms in total. The lowest BCUT2D eigenvalue weighted by Gasteiger charge is -2.32. The molecule has 2 N–H and O–H groups in total. The van der Waals surface area contributed by atoms with Crippen LogP contribution in [0.4, 0.5) is 40.8 Å². The van der Waals surface area contributed by atoms with Gasteiger partial charge in [0.25, 0.3) is 0 Å². The molecule has 0 saturated heterocycles. The molecule has 1 aromatic rings. The normalized spacial score (nSPS) is 19.0. The fourth-order valence-electron chi connectivity index (χ4n) is 2.02. The van der Waals surface area contributed by atoms with Crippen molar-refractivity contribution in [3.8, 4) is 0 Å². The maximum Gasteiger partial charge on any atom is 0.418 e. The third-order valence-electron chi connectivity index (χ3n) is 3.18. The van der Waals surface area contributed by atoms with Crippen molar-refractivity contribution in [3.05, 3.63) is 51.2 Å². The Bertz CT molecular complexity index is 767. The van der Waals surface area contributed by atoms with Gasteiger partial charge in [-0.1, -0.05) is 23.2 Å². The highest BCUT2D eigenvalue weighted by Crippen LogP contribution is 2.42. The third-order valence-corrected chi connectivity index (χ3v) is 3.88. The Balaban J connectivity index is 2.68. The second-order valence-electron chi connectivity index (χ2n) is 4.84. The average molecular weight is 413 g/mol. The molecule has 1 aliphatic heterocycles. The Morgan fingerprint density at radius 2 is 1.56 bits per heavy atom. The molecule has 1 heterocycles. The molecule has 0 amide bonds. The van der Waals surface area contributed by atoms with E-state index in [2.05, 4.69) is 0 Å². The molecule has 0 spiro atoms. The molecule has 0 saturated carbocycles. The number of nitrogens with zero attached hydrogens (tertiary/aromatic N) is 1. The maximum absolute atomic E-state index is 14.2. The second kappa shape index (κ2) is 6.33. The molecule has 0 fully saturated rings. The van der Waals surface area contributed by atoms with Crippen molar-refractivity contribution < 1.29 is 35.1 Å². The van der Waals surface area contributed by atoms with E-state index < -0.39 is 57.0 Å². The SMILES string of the molecule is NC1C(Cl)=CC(C(F)(F)F)=CN1c1c(F)cc(C(F)(F)F)c(Cl)c1F. The van der Waals surface area contributed by atoms with Gasteiger partial charge in [0.05, 0.1) is 21.2 Å². The lowest BCUT2D eigenvalue weighted by atomic mass is 10.1. The van der Waals surface area contributed by atoms with E-state index in [1.54, 1.807) is 0 Å². The van der Waals surface area contributed by atoms with Gasteiger partial charge in [-0.25, -0.2) is 8.78 Å². The van der Waals surface area contributed by atoms with Crippen molar-refractivity contribution in [2.24, 2.45) is 5.73 Å². The van der Waals surface area contributed by atoms with Crippen LogP contribution in [0.3, 0.4) is 0 Å². The molecule has 1 atom stereocenters. The van der Waals surface area contributed by atoms with E-state index >= 15 is 0 Å². The quantitative estimate of drug-likeness (QED) is 0.500. The molecule has 0 aliphatic carbocycles. The molecule has 1 aromatic carbocycles. The lowest BCUT2D eigenvalue weighted by Crippen LogP contribution is -2.43. The number of allylic oxidation sites excluding steroid dienone is 2. The minimum atomic E-state index is -5.17. The van der Waals surface area contributed by atoms with E-state index in [1.165, 1.54) is 0 Å². The molecule has 1 aliphatic rings. The highest BCUT2D eigenvalue weighted by molar-refractivity contribution is 6.32. The zero-order chi connectivity index (χ0) is 19.3. The predicted octanol–water partition coefficient (Wildman–Crippen LogP) is 5.31. The Labute approximate surface area is 145 Å². The fourth-order valence-corrected chi connectivity index (χ4v) is 2.50. The van der Waals surface area contributed by atoms with E-state index in [4.69, 9.17) is 28.9 Å². The van der Waals surface area contributed by atoms with Gasteiger partial charge in [0, 0.05) is 6.20 Å². The first-order valence-corrected chi connectivity index (χ1v) is 6.95. The van der Waals surface area contributed by atoms with E-state index in [0.29, 0.717) is 6.08 Å². The summed E-state index contributed by atoms with van der Waals surface area (Å²) in [6.07, 6.45) is -11.1. The fraction of sp³-hybridized carbons (Fsp3) is 0.231. The topological polar surface area (TPSA) is 29.3 Å². The number of halogens is 10. The van der Waals surface area contributed by atoms with Gasteiger partial charge >= 0.3 is 12.4 Å². The number of alkyl halides is 6. The van der Waals surface area contributed by atoms with Gasteiger partial charge in [-0.3, -0.25) is 0 Å². The van der Waals surface area contributed by atoms with Crippen LogP contribution < -0.4 is 10.6 Å². The first-order valence-electron chi connectivity index (χ1n) is 6.20. The monoisotopic (exact) mass is 412 g/mol. The Kier molecular flexibility index (Phi) is 5.01. The Morgan fingerprint density at radius 3 is 2.04 bits per heavy atom. The maximum atomic E-state index is 14.2. The molecule has 0 radical (unpaired) electrons. The summed E-state index contributed by atoms with van der Waals surface area (Å²) >= 11 is 10.8. The highest BCUT2D eigenvalue weighted by Gasteiger charge is 2.40. The van der Waals surface area contributed by atoms with Crippen molar-refractivity contribution >= 4 is 28.9 Å². The predicted molar refractivity (Wildman–Crippen MR) is 74.9 cm³/mol. The van der Waals surface area contributed by atoms with Crippen molar-refractivity contribution in [1.29, 1.82) is 0 Å². The van der Waals surface area contributed by atoms with Gasteiger partial charge in [0.2, 0.25) is 0 Å². The summed E-state index contributed by atoms with van der Waals surface area (Å²) < 4.78 is 105. The summed E-state index contributed by atoms with van der Waals surface area (Å²) in [5, 5.41) is -2.15. The van der Waals surface area contributed by atoms with Crippen LogP contribution >= 0.6 is 23.2 Å². The summed E-state index contributed by atoms with van der Waals surface area (Å²) in [7, 11) is 0. The van der Waals surface area contributed by atoms with E-state index in [1.807, 2.05) is 0 Å². The van der Waals surface area contributed by atoms with Gasteiger partial charge in [-0.05, 0) is 12.1 Å². The van der Waals surface area contributed by atoms with Crippen LogP contribution in [0, 0.1) is 11.6 Å². The van der Waals surface area contributed by atoms with Gasteiger partial charge in [0.1, 0.15) is 11.9 Å². The number of anilines is 1. The summed E-state index contributed by atoms with van der Waals surface area (Å²) in [5.74, 6) is -3.73. The number of hydrogen-bond acceptors (Lipinski definition) is 2. The number of rotatable bonds is 1. The van der Waals surface area contributed by atoms with Gasteiger partial charge in [-0.2, -0.15) is 26.3 Å². The zero-order valence-electron chi connectivity index (χ0n) is 11.6. The minimum Gasteiger partial charge on any atom is -0.322 e. The van der Waals surface area contributed by atoms with Crippen molar-refractivity contribution in [3.63, 3.8) is 0 Å². The standard InChI is InChI=1S/C13H6Cl2F8N2/c14-6-1-4(12(18,19)20)3-25(11(6)24)10-7(16)2-5(13(21,22)23)8(15)9(10)17/h1-3,11H,24H2. The van der Waals surface area contributed by atoms with Gasteiger partial charge < -0.3 is 10.6 Å². The summed E-state index contributed by atoms with van der Waals surface area (Å²) in [6.45, 7) is 0. The molecule has 0 bridgehead atoms. The summed E-state index contributed by atoms with van der Waals surface area (Å²) in [5.41, 5.74) is 0.966. The van der Waals surface area contributed by atoms with Crippen LogP contribution in [0.5, 0.6) is 0 Å². The van der Waals surface area contributed by atoms with E-state index in [0.717, 1.165) is 0 Å². The third kappa shape index (κ3) is 3.70. The zero-order valence-corrected chi connectivity index (χ0v) is 13.1. The van der Waals surface area contributed by atoms with Gasteiger partial charge in [-0.15, -0.1) is 0 Å². The smallest absolute Gasteiger partial charge is 0.322 e. The molecule has 25 heavy (non-hydrogen) atoms. The van der Waals surface area contributed by atoms with Crippen molar-refractivity contribution in [2.75, 3.05) is 4.90 Å². The van der Waals surface area contributed by atoms with Crippen LogP contribution in [-0.2, 0) is 6.18 Å². The molecule has 0 aromatic heterocycles. The number of nitrogens with two attached hydrogens (primary N) is 1. The number of hydrogen-bond donors (Lipinski definition) is 1. The Hall–Kier alpha value is -1.52. The lowest BCUT2D eigenvalue weighted by molar-refractivity contribution is -0.137. The van der Waals surface area contributed by atoms with Crippen LogP contribution in [0.1, 0.15) is 5.56 Å². The van der Waals surface area contributed by atoms with Crippen LogP contribution in [-0.4, -0.2) is 12.3 Å². The van der Waals surface area contributed by atoms with E-state index in [9.17, 15) is 35.1 Å². The molecule has 138 valence electrons. The molecular weight excluding hydrogens is 407 g/mol. The highest BCUT2D eigenvalue weighted by atomic mass is 35.5. The first-order chi connectivity index (χ1) is 11.2. The van der Waals surface area contributed by atoms with Crippen molar-refractivity contribution in [1.82, 2.24) is 0 Å². The average Bonchev–Trinajstić information content (AvgIpc) is 2.44. The van der Waals surface area contributed by atoms with Gasteiger partial charge in [0.15, 0.2) is 11.6 Å². The summed E-state index contributed by atoms with van der Waals surface area (Å²) in [6, 6.07) is -0.138. The molecule has 1 unspecified atom stereocenters.